The van der Waals surface area contributed by atoms with Gasteiger partial charge in [0, 0.05) is 193 Å². The van der Waals surface area contributed by atoms with Gasteiger partial charge in [-0.25, -0.2) is 0 Å². The number of hydrogen-bond donors (Lipinski definition) is 4. The van der Waals surface area contributed by atoms with Crippen LogP contribution in [0.15, 0.2) is 315 Å². The van der Waals surface area contributed by atoms with Gasteiger partial charge in [0.05, 0.1) is 23.0 Å². The number of ketones is 8. The van der Waals surface area contributed by atoms with Crippen molar-refractivity contribution in [2.75, 3.05) is 0 Å². The van der Waals surface area contributed by atoms with Crippen molar-refractivity contribution in [3.05, 3.63) is 406 Å². The molecule has 132 heavy (non-hydrogen) atoms. The average Bonchev–Trinajstić information content (AvgIpc) is 1.15. The Bertz CT molecular complexity index is 7840. The second kappa shape index (κ2) is 45.8. The third kappa shape index (κ3) is 23.6. The molecule has 12 aromatic carbocycles. The Kier molecular flexibility index (Phi) is 28.7. The molecule has 0 spiro atoms. The quantitative estimate of drug-likeness (QED) is 0.0625. The fourth-order valence-corrected chi connectivity index (χ4v) is 15.3. The zero-order valence-electron chi connectivity index (χ0n) is 86.3. The summed E-state index contributed by atoms with van der Waals surface area (Å²) in [5.74, 6) is -0.368. The van der Waals surface area contributed by atoms with Crippen LogP contribution in [0.5, 0.6) is 0 Å². The first kappa shape index (κ1) is 82.8. The first-order valence-corrected chi connectivity index (χ1v) is 40.0. The van der Waals surface area contributed by atoms with E-state index in [0.717, 1.165) is 88.0 Å². The molecule has 4 aliphatic rings. The van der Waals surface area contributed by atoms with Gasteiger partial charge < -0.3 is 40.4 Å². The molecule has 4 N–H and O–H groups in total. The van der Waals surface area contributed by atoms with Crippen LogP contribution in [-0.4, -0.2) is 86.6 Å². The predicted molar refractivity (Wildman–Crippen MR) is 507 cm³/mol. The Morgan fingerprint density at radius 3 is 1.02 bits per heavy atom. The third-order valence-electron chi connectivity index (χ3n) is 20.1. The number of rotatable bonds is 8. The molecule has 0 aliphatic heterocycles. The maximum Gasteiger partial charge on any atom is 0.195 e. The Hall–Kier alpha value is -13.6. The molecule has 20 rings (SSSR count). The first-order valence-electron chi connectivity index (χ1n) is 47.0. The van der Waals surface area contributed by atoms with Crippen LogP contribution in [0.4, 0.5) is 0 Å². The van der Waals surface area contributed by atoms with Gasteiger partial charge in [-0.2, -0.15) is 0 Å². The van der Waals surface area contributed by atoms with E-state index in [-0.39, 0.29) is 220 Å². The summed E-state index contributed by atoms with van der Waals surface area (Å²) in [5.41, 5.74) is 17.9. The molecule has 0 saturated carbocycles. The average molecular weight is 2460 g/mol. The zero-order chi connectivity index (χ0) is 103. The molecule has 16 aromatic rings. The van der Waals surface area contributed by atoms with Crippen molar-refractivity contribution in [3.8, 4) is 89.5 Å². The topological polar surface area (TPSA) is 269 Å². The van der Waals surface area contributed by atoms with Gasteiger partial charge in [-0.1, -0.05) is 167 Å². The molecule has 0 bridgehead atoms. The summed E-state index contributed by atoms with van der Waals surface area (Å²) in [5, 5.41) is 39.8. The monoisotopic (exact) mass is 2470 g/mol. The maximum absolute atomic E-state index is 13.1. The molecular formula is C112H88Ir4N4O12-4. The van der Waals surface area contributed by atoms with E-state index in [1.54, 1.807) is 49.1 Å². The Balaban J connectivity index is 0.000000197. The van der Waals surface area contributed by atoms with Crippen LogP contribution in [0.25, 0.3) is 133 Å². The van der Waals surface area contributed by atoms with Gasteiger partial charge in [0.1, 0.15) is 0 Å². The molecule has 4 radical (unpaired) electrons. The summed E-state index contributed by atoms with van der Waals surface area (Å²) in [7, 11) is 0. The molecule has 16 nitrogen and oxygen atoms in total. The molecule has 4 heterocycles. The van der Waals surface area contributed by atoms with Crippen molar-refractivity contribution in [3.63, 3.8) is 0 Å². The number of aliphatic hydroxyl groups excluding tert-OH is 4. The van der Waals surface area contributed by atoms with Gasteiger partial charge in [-0.05, 0) is 196 Å². The maximum atomic E-state index is 13.1. The molecule has 0 atom stereocenters. The van der Waals surface area contributed by atoms with Crippen molar-refractivity contribution in [1.29, 1.82) is 0 Å². The van der Waals surface area contributed by atoms with Crippen LogP contribution in [0.1, 0.15) is 161 Å². The Morgan fingerprint density at radius 2 is 0.629 bits per heavy atom. The van der Waals surface area contributed by atoms with E-state index < -0.39 is 13.7 Å². The van der Waals surface area contributed by atoms with Crippen molar-refractivity contribution in [2.45, 2.75) is 82.9 Å². The minimum Gasteiger partial charge on any atom is -0.512 e. The minimum atomic E-state index is -2.25. The number of hydrogen-bond acceptors (Lipinski definition) is 16. The van der Waals surface area contributed by atoms with E-state index >= 15 is 0 Å². The number of pyridine rings is 4. The number of aliphatic hydroxyl groups is 4. The fraction of sp³-hybridized carbons (Fsp3) is 0.107. The SMILES string of the molecule is CC(=O)C=C(C)O.CC(=O)C=C(C)O.CC(=O)C=C(C)O.CC(=O)C=C(C)O.[2H]C([2H])([2H])c1[c-]c(-c2ncc3c4c(cccc24)-c2ccccc2C3=O)cc(C)c1.[2H]C([2H])([2H])c1[c-]c(-c2ncc3c4c(cccc24)C(=O)c2ccccc2-3)cc(C)c1.[2H]c1[c-]c(-c2nccc3cc4c(cc23)-c2ccccc2C4=O)c([2H])c([2H])c1[2H].[2H]c1[c-]c(-c2nccc3cc4c(cc23)C(=O)c2ccccc2-4)c([2H])c([2H])c1[2H].[Ir].[Ir].[Ir].[Ir]. The van der Waals surface area contributed by atoms with E-state index in [1.807, 2.05) is 184 Å². The van der Waals surface area contributed by atoms with Crippen molar-refractivity contribution >= 4 is 89.4 Å². The number of fused-ring (bicyclic) bond motifs is 12. The van der Waals surface area contributed by atoms with Gasteiger partial charge in [0.2, 0.25) is 0 Å². The molecule has 0 amide bonds. The molecule has 668 valence electrons. The van der Waals surface area contributed by atoms with E-state index in [9.17, 15) is 38.4 Å². The summed E-state index contributed by atoms with van der Waals surface area (Å²) in [6.45, 7) is 10.6. The summed E-state index contributed by atoms with van der Waals surface area (Å²) in [6, 6.07) is 68.9. The van der Waals surface area contributed by atoms with Crippen LogP contribution < -0.4 is 0 Å². The van der Waals surface area contributed by atoms with E-state index in [0.29, 0.717) is 89.2 Å². The molecule has 4 aromatic heterocycles. The van der Waals surface area contributed by atoms with Gasteiger partial charge in [-0.15, -0.1) is 141 Å². The largest absolute Gasteiger partial charge is 0.512 e. The fourth-order valence-electron chi connectivity index (χ4n) is 15.3. The van der Waals surface area contributed by atoms with E-state index in [1.165, 1.54) is 79.7 Å². The van der Waals surface area contributed by atoms with Crippen molar-refractivity contribution in [2.24, 2.45) is 0 Å². The summed E-state index contributed by atoms with van der Waals surface area (Å²) >= 11 is 0. The second-order valence-corrected chi connectivity index (χ2v) is 30.1. The van der Waals surface area contributed by atoms with E-state index in [2.05, 4.69) is 44.2 Å². The van der Waals surface area contributed by atoms with E-state index in [4.69, 9.17) is 39.6 Å². The van der Waals surface area contributed by atoms with Crippen molar-refractivity contribution in [1.82, 2.24) is 19.9 Å². The number of benzene rings is 12. The van der Waals surface area contributed by atoms with Gasteiger partial charge in [-0.3, -0.25) is 38.4 Å². The molecule has 0 saturated heterocycles. The van der Waals surface area contributed by atoms with Gasteiger partial charge >= 0.3 is 0 Å². The van der Waals surface area contributed by atoms with Crippen LogP contribution in [0, 0.1) is 51.8 Å². The zero-order valence-corrected chi connectivity index (χ0v) is 81.9. The third-order valence-corrected chi connectivity index (χ3v) is 20.1. The normalized spacial score (nSPS) is 13.4. The van der Waals surface area contributed by atoms with Gasteiger partial charge in [0.25, 0.3) is 0 Å². The Morgan fingerprint density at radius 1 is 0.318 bits per heavy atom. The number of carbonyl (C=O) groups excluding carboxylic acids is 8. The molecule has 0 fully saturated rings. The number of allylic oxidation sites excluding steroid dienone is 8. The second-order valence-electron chi connectivity index (χ2n) is 30.1. The smallest absolute Gasteiger partial charge is 0.195 e. The molecule has 4 aliphatic carbocycles. The van der Waals surface area contributed by atoms with Gasteiger partial charge in [0.15, 0.2) is 46.3 Å². The molecule has 20 heteroatoms. The Labute approximate surface area is 839 Å². The molecular weight excluding hydrogens is 2360 g/mol. The number of nitrogens with zero attached hydrogens (tertiary/aromatic N) is 4. The number of aryl methyl sites for hydroxylation is 4. The first-order chi connectivity index (χ1) is 67.1. The van der Waals surface area contributed by atoms with Crippen LogP contribution in [-0.2, 0) is 99.6 Å². The van der Waals surface area contributed by atoms with Crippen molar-refractivity contribution < 1.29 is 158 Å². The summed E-state index contributed by atoms with van der Waals surface area (Å²) in [6.07, 6.45) is 11.2. The summed E-state index contributed by atoms with van der Waals surface area (Å²) in [4.78, 5) is 110. The predicted octanol–water partition coefficient (Wildman–Crippen LogP) is 25.0. The molecule has 0 unspecified atom stereocenters. The number of aromatic nitrogens is 4. The summed E-state index contributed by atoms with van der Waals surface area (Å²) < 4.78 is 110. The standard InChI is InChI=1S/2C24H16NO.2C22H12NO.4C5H8O2.4Ir/c1-14-10-15(2)12-16(11-14)23-20-9-5-8-18-17-6-3-4-7-19(17)24(26)21(13-25-23)22(18)20;1-14-10-15(2)12-16(11-14)23-19-8-5-9-20-22(19)21(13-25-23)17-6-3-4-7-18(17)24(20)26;24-22-17-9-5-4-8-16(17)19-13-18-15(12-20(19)22)10-11-23-21(18)14-6-2-1-3-7-14;24-22-17-9-5-4-8-16(17)19-12-15-10-11-23-21(18(15)13-20(19)22)14-6-2-1-3-7-14;4*1-4(6)3-5(2)7;;;;/h2*3-11,13H,1-2H3;2*1-6,8-13H;4*3,6H,1-2H3;;;;/q4*-1;;;;;;;;/i2*2D3;2*1D,2D,3D,6D;;;;;;;;. The minimum absolute atomic E-state index is 0. The van der Waals surface area contributed by atoms with Crippen LogP contribution in [0.3, 0.4) is 0 Å². The van der Waals surface area contributed by atoms with Crippen LogP contribution >= 0.6 is 0 Å². The van der Waals surface area contributed by atoms with Crippen LogP contribution in [0.2, 0.25) is 0 Å². The number of carbonyl (C=O) groups is 8.